The Morgan fingerprint density at radius 1 is 1.14 bits per heavy atom. The molecule has 1 aliphatic heterocycles. The van der Waals surface area contributed by atoms with Gasteiger partial charge in [-0.1, -0.05) is 6.42 Å². The topological polar surface area (TPSA) is 76.8 Å². The first-order chi connectivity index (χ1) is 14.1. The van der Waals surface area contributed by atoms with Gasteiger partial charge in [0.1, 0.15) is 11.6 Å². The lowest BCUT2D eigenvalue weighted by Gasteiger charge is -2.26. The molecule has 2 aromatic carbocycles. The molecule has 29 heavy (non-hydrogen) atoms. The first-order valence-corrected chi connectivity index (χ1v) is 9.95. The molecule has 1 heterocycles. The summed E-state index contributed by atoms with van der Waals surface area (Å²) in [6.07, 6.45) is 3.73. The van der Waals surface area contributed by atoms with Crippen LogP contribution in [0.4, 0.5) is 4.39 Å². The van der Waals surface area contributed by atoms with E-state index in [0.717, 1.165) is 19.6 Å². The Bertz CT molecular complexity index is 838. The minimum atomic E-state index is -0.437. The number of ether oxygens (including phenoxy) is 2. The van der Waals surface area contributed by atoms with Crippen LogP contribution in [-0.2, 0) is 6.54 Å². The molecule has 0 spiro atoms. The van der Waals surface area contributed by atoms with Gasteiger partial charge >= 0.3 is 0 Å². The third-order valence-electron chi connectivity index (χ3n) is 4.98. The molecule has 7 heteroatoms. The molecular weight excluding hydrogens is 373 g/mol. The Labute approximate surface area is 170 Å². The molecule has 156 valence electrons. The summed E-state index contributed by atoms with van der Waals surface area (Å²) in [5, 5.41) is 2.95. The third kappa shape index (κ3) is 5.92. The molecule has 0 radical (unpaired) electrons. The van der Waals surface area contributed by atoms with Gasteiger partial charge in [-0.2, -0.15) is 0 Å². The molecule has 0 unspecified atom stereocenters. The molecule has 6 nitrogen and oxygen atoms in total. The Hall–Kier alpha value is -2.64. The van der Waals surface area contributed by atoms with Gasteiger partial charge in [0.25, 0.3) is 5.91 Å². The number of likely N-dealkylation sites (tertiary alicyclic amines) is 1. The zero-order valence-corrected chi connectivity index (χ0v) is 16.7. The maximum absolute atomic E-state index is 13.8. The zero-order chi connectivity index (χ0) is 20.6. The summed E-state index contributed by atoms with van der Waals surface area (Å²) in [5.74, 6) is 0.467. The van der Waals surface area contributed by atoms with E-state index in [1.807, 2.05) is 0 Å². The van der Waals surface area contributed by atoms with E-state index in [1.165, 1.54) is 38.5 Å². The SMILES string of the molecule is COc1ccc(C(=O)NCCN2CCCCC2)cc1Oc1cc(F)cc(CN)c1. The highest BCUT2D eigenvalue weighted by Crippen LogP contribution is 2.33. The van der Waals surface area contributed by atoms with Crippen LogP contribution in [0.1, 0.15) is 35.2 Å². The number of nitrogens with zero attached hydrogens (tertiary/aromatic N) is 1. The van der Waals surface area contributed by atoms with Gasteiger partial charge in [0.2, 0.25) is 0 Å². The molecule has 3 N–H and O–H groups in total. The number of hydrogen-bond acceptors (Lipinski definition) is 5. The van der Waals surface area contributed by atoms with Crippen LogP contribution in [0.25, 0.3) is 0 Å². The Morgan fingerprint density at radius 2 is 1.93 bits per heavy atom. The van der Waals surface area contributed by atoms with Crippen LogP contribution in [0.15, 0.2) is 36.4 Å². The van der Waals surface area contributed by atoms with Crippen LogP contribution in [0.2, 0.25) is 0 Å². The second-order valence-corrected chi connectivity index (χ2v) is 7.13. The van der Waals surface area contributed by atoms with Crippen LogP contribution in [-0.4, -0.2) is 44.1 Å². The number of halogens is 1. The molecule has 3 rings (SSSR count). The average molecular weight is 401 g/mol. The summed E-state index contributed by atoms with van der Waals surface area (Å²) in [6.45, 7) is 3.82. The van der Waals surface area contributed by atoms with E-state index in [2.05, 4.69) is 10.2 Å². The van der Waals surface area contributed by atoms with E-state index in [9.17, 15) is 9.18 Å². The molecule has 0 atom stereocenters. The van der Waals surface area contributed by atoms with Gasteiger partial charge < -0.3 is 25.4 Å². The third-order valence-corrected chi connectivity index (χ3v) is 4.98. The number of piperidine rings is 1. The van der Waals surface area contributed by atoms with Gasteiger partial charge in [0.15, 0.2) is 11.5 Å². The number of carbonyl (C=O) groups excluding carboxylic acids is 1. The molecule has 0 aliphatic carbocycles. The van der Waals surface area contributed by atoms with Crippen LogP contribution in [0.3, 0.4) is 0 Å². The van der Waals surface area contributed by atoms with Crippen molar-refractivity contribution in [3.63, 3.8) is 0 Å². The molecule has 1 amide bonds. The van der Waals surface area contributed by atoms with E-state index < -0.39 is 5.82 Å². The molecule has 1 aliphatic rings. The van der Waals surface area contributed by atoms with Crippen molar-refractivity contribution in [2.24, 2.45) is 5.73 Å². The standard InChI is InChI=1S/C22H28FN3O3/c1-28-20-6-5-17(22(27)25-7-10-26-8-3-2-4-9-26)13-21(20)29-19-12-16(15-24)11-18(23)14-19/h5-6,11-14H,2-4,7-10,15,24H2,1H3,(H,25,27). The van der Waals surface area contributed by atoms with Crippen LogP contribution < -0.4 is 20.5 Å². The van der Waals surface area contributed by atoms with Gasteiger partial charge in [-0.15, -0.1) is 0 Å². The van der Waals surface area contributed by atoms with Gasteiger partial charge in [0.05, 0.1) is 7.11 Å². The fourth-order valence-corrected chi connectivity index (χ4v) is 3.43. The number of carbonyl (C=O) groups is 1. The Kier molecular flexibility index (Phi) is 7.43. The van der Waals surface area contributed by atoms with E-state index in [1.54, 1.807) is 24.3 Å². The lowest BCUT2D eigenvalue weighted by molar-refractivity contribution is 0.0946. The van der Waals surface area contributed by atoms with Gasteiger partial charge in [-0.25, -0.2) is 4.39 Å². The molecule has 1 saturated heterocycles. The fourth-order valence-electron chi connectivity index (χ4n) is 3.43. The molecule has 0 saturated carbocycles. The predicted octanol–water partition coefficient (Wildman–Crippen LogP) is 3.30. The van der Waals surface area contributed by atoms with Gasteiger partial charge in [-0.3, -0.25) is 4.79 Å². The monoisotopic (exact) mass is 401 g/mol. The smallest absolute Gasteiger partial charge is 0.251 e. The van der Waals surface area contributed by atoms with Crippen molar-refractivity contribution in [1.82, 2.24) is 10.2 Å². The number of hydrogen-bond donors (Lipinski definition) is 2. The minimum Gasteiger partial charge on any atom is -0.493 e. The number of benzene rings is 2. The average Bonchev–Trinajstić information content (AvgIpc) is 2.74. The normalized spacial score (nSPS) is 14.4. The quantitative estimate of drug-likeness (QED) is 0.710. The maximum Gasteiger partial charge on any atom is 0.251 e. The van der Waals surface area contributed by atoms with Crippen molar-refractivity contribution < 1.29 is 18.7 Å². The second kappa shape index (κ2) is 10.2. The Morgan fingerprint density at radius 3 is 2.66 bits per heavy atom. The Balaban J connectivity index is 1.67. The number of methoxy groups -OCH3 is 1. The molecular formula is C22H28FN3O3. The van der Waals surface area contributed by atoms with Crippen LogP contribution >= 0.6 is 0 Å². The largest absolute Gasteiger partial charge is 0.493 e. The molecule has 0 bridgehead atoms. The van der Waals surface area contributed by atoms with Crippen molar-refractivity contribution in [3.05, 3.63) is 53.3 Å². The van der Waals surface area contributed by atoms with Crippen molar-refractivity contribution in [3.8, 4) is 17.2 Å². The van der Waals surface area contributed by atoms with E-state index in [4.69, 9.17) is 15.2 Å². The lowest BCUT2D eigenvalue weighted by Crippen LogP contribution is -2.37. The summed E-state index contributed by atoms with van der Waals surface area (Å²) < 4.78 is 24.9. The molecule has 1 fully saturated rings. The van der Waals surface area contributed by atoms with E-state index in [-0.39, 0.29) is 12.5 Å². The second-order valence-electron chi connectivity index (χ2n) is 7.13. The summed E-state index contributed by atoms with van der Waals surface area (Å²) in [4.78, 5) is 14.9. The minimum absolute atomic E-state index is 0.184. The summed E-state index contributed by atoms with van der Waals surface area (Å²) in [7, 11) is 1.51. The van der Waals surface area contributed by atoms with Crippen molar-refractivity contribution in [2.45, 2.75) is 25.8 Å². The molecule has 0 aromatic heterocycles. The van der Waals surface area contributed by atoms with Crippen molar-refractivity contribution in [2.75, 3.05) is 33.3 Å². The van der Waals surface area contributed by atoms with Gasteiger partial charge in [0, 0.05) is 31.3 Å². The van der Waals surface area contributed by atoms with Gasteiger partial charge in [-0.05, 0) is 61.8 Å². The highest BCUT2D eigenvalue weighted by Gasteiger charge is 2.14. The van der Waals surface area contributed by atoms with Crippen molar-refractivity contribution >= 4 is 5.91 Å². The number of nitrogens with two attached hydrogens (primary N) is 1. The lowest BCUT2D eigenvalue weighted by atomic mass is 10.1. The maximum atomic E-state index is 13.8. The highest BCUT2D eigenvalue weighted by molar-refractivity contribution is 5.94. The number of rotatable bonds is 8. The van der Waals surface area contributed by atoms with Crippen LogP contribution in [0.5, 0.6) is 17.2 Å². The summed E-state index contributed by atoms with van der Waals surface area (Å²) in [5.41, 5.74) is 6.67. The zero-order valence-electron chi connectivity index (χ0n) is 16.7. The van der Waals surface area contributed by atoms with E-state index >= 15 is 0 Å². The highest BCUT2D eigenvalue weighted by atomic mass is 19.1. The summed E-state index contributed by atoms with van der Waals surface area (Å²) in [6, 6.07) is 9.23. The first-order valence-electron chi connectivity index (χ1n) is 9.95. The fraction of sp³-hybridized carbons (Fsp3) is 0.409. The number of nitrogens with one attached hydrogen (secondary N) is 1. The van der Waals surface area contributed by atoms with Crippen molar-refractivity contribution in [1.29, 1.82) is 0 Å². The van der Waals surface area contributed by atoms with Crippen LogP contribution in [0, 0.1) is 5.82 Å². The first kappa shape index (κ1) is 21.1. The van der Waals surface area contributed by atoms with E-state index in [0.29, 0.717) is 34.9 Å². The predicted molar refractivity (Wildman–Crippen MR) is 110 cm³/mol. The summed E-state index contributed by atoms with van der Waals surface area (Å²) >= 11 is 0. The number of amides is 1. The molecule has 2 aromatic rings.